The molecule has 196 valence electrons. The zero-order chi connectivity index (χ0) is 22.8. The number of carbonyl (C=O) groups excluding carboxylic acids is 1. The Bertz CT molecular complexity index is 1240. The van der Waals surface area contributed by atoms with E-state index in [0.717, 1.165) is 59.9 Å². The Morgan fingerprint density at radius 3 is 2.47 bits per heavy atom. The van der Waals surface area contributed by atoms with Crippen LogP contribution in [0.3, 0.4) is 0 Å². The Kier molecular flexibility index (Phi) is 10.7. The number of nitrogens with two attached hydrogens (primary N) is 1. The molecule has 1 amide bonds. The average molecular weight is 555 g/mol. The summed E-state index contributed by atoms with van der Waals surface area (Å²) in [6.07, 6.45) is 8.99. The largest absolute Gasteiger partial charge is 0.487 e. The fourth-order valence-electron chi connectivity index (χ4n) is 5.13. The van der Waals surface area contributed by atoms with Gasteiger partial charge < -0.3 is 14.9 Å². The van der Waals surface area contributed by atoms with Crippen LogP contribution in [0.4, 0.5) is 0 Å². The lowest BCUT2D eigenvalue weighted by Gasteiger charge is -2.41. The van der Waals surface area contributed by atoms with Crippen molar-refractivity contribution >= 4 is 54.1 Å². The number of nitrogens with zero attached hydrogens (tertiary/aromatic N) is 1. The maximum Gasteiger partial charge on any atom is 0.261 e. The molecule has 3 aromatic rings. The smallest absolute Gasteiger partial charge is 0.261 e. The van der Waals surface area contributed by atoms with Gasteiger partial charge in [0, 0.05) is 17.5 Å². The van der Waals surface area contributed by atoms with Gasteiger partial charge in [-0.15, -0.1) is 42.3 Å². The monoisotopic (exact) mass is 553 g/mol. The number of halogens is 3. The third kappa shape index (κ3) is 6.17. The zero-order valence-corrected chi connectivity index (χ0v) is 22.8. The molecular weight excluding hydrogens is 521 g/mol. The van der Waals surface area contributed by atoms with Crippen molar-refractivity contribution < 1.29 is 13.9 Å². The predicted molar refractivity (Wildman–Crippen MR) is 149 cm³/mol. The first kappa shape index (κ1) is 30.0. The molecule has 2 aromatic carbocycles. The number of benzene rings is 2. The molecule has 0 bridgehead atoms. The lowest BCUT2D eigenvalue weighted by molar-refractivity contribution is -0.122. The quantitative estimate of drug-likeness (QED) is 0.392. The number of rotatable bonds is 4. The van der Waals surface area contributed by atoms with Crippen LogP contribution in [0, 0.1) is 0 Å². The topological polar surface area (TPSA) is 89.9 Å². The van der Waals surface area contributed by atoms with E-state index in [2.05, 4.69) is 23.5 Å². The molecule has 1 spiro atoms. The normalized spacial score (nSPS) is 17.0. The molecule has 6 nitrogen and oxygen atoms in total. The molecule has 3 N–H and O–H groups in total. The van der Waals surface area contributed by atoms with E-state index in [1.807, 2.05) is 42.5 Å². The van der Waals surface area contributed by atoms with Crippen LogP contribution in [0.5, 0.6) is 5.75 Å². The summed E-state index contributed by atoms with van der Waals surface area (Å²) in [5.41, 5.74) is 12.8. The highest BCUT2D eigenvalue weighted by Gasteiger charge is 2.37. The van der Waals surface area contributed by atoms with Gasteiger partial charge in [-0.3, -0.25) is 4.79 Å². The van der Waals surface area contributed by atoms with E-state index in [9.17, 15) is 4.79 Å². The van der Waals surface area contributed by atoms with Crippen molar-refractivity contribution in [2.24, 2.45) is 10.8 Å². The van der Waals surface area contributed by atoms with Crippen LogP contribution in [0.1, 0.15) is 68.2 Å². The molecule has 2 aliphatic rings. The van der Waals surface area contributed by atoms with Crippen LogP contribution in [-0.4, -0.2) is 11.5 Å². The number of fused-ring (bicyclic) bond motifs is 2. The Labute approximate surface area is 230 Å². The van der Waals surface area contributed by atoms with Gasteiger partial charge in [-0.2, -0.15) is 0 Å². The molecule has 1 aliphatic heterocycles. The molecule has 1 unspecified atom stereocenters. The fraction of sp³-hybridized carbons (Fsp3) is 0.407. The van der Waals surface area contributed by atoms with Gasteiger partial charge in [0.1, 0.15) is 23.0 Å². The maximum absolute atomic E-state index is 12.5. The molecule has 5 rings (SSSR count). The molecule has 0 saturated heterocycles. The summed E-state index contributed by atoms with van der Waals surface area (Å²) in [6.45, 7) is 2.11. The average Bonchev–Trinajstić information content (AvgIpc) is 2.86. The van der Waals surface area contributed by atoms with Gasteiger partial charge >= 0.3 is 0 Å². The zero-order valence-electron chi connectivity index (χ0n) is 20.3. The maximum atomic E-state index is 12.5. The van der Waals surface area contributed by atoms with Crippen LogP contribution >= 0.6 is 37.2 Å². The van der Waals surface area contributed by atoms with Gasteiger partial charge in [0.05, 0.1) is 0 Å². The highest BCUT2D eigenvalue weighted by atomic mass is 35.5. The van der Waals surface area contributed by atoms with Crippen LogP contribution in [-0.2, 0) is 17.6 Å². The summed E-state index contributed by atoms with van der Waals surface area (Å²) in [5, 5.41) is 5.29. The van der Waals surface area contributed by atoms with Gasteiger partial charge in [-0.05, 0) is 67.7 Å². The van der Waals surface area contributed by atoms with E-state index >= 15 is 0 Å². The number of amides is 1. The Morgan fingerprint density at radius 1 is 1.06 bits per heavy atom. The summed E-state index contributed by atoms with van der Waals surface area (Å²) in [6, 6.07) is 14.5. The van der Waals surface area contributed by atoms with Crippen LogP contribution in [0.2, 0.25) is 0 Å². The summed E-state index contributed by atoms with van der Waals surface area (Å²) >= 11 is 0. The van der Waals surface area contributed by atoms with Crippen molar-refractivity contribution in [3.8, 4) is 5.75 Å². The van der Waals surface area contributed by atoms with Gasteiger partial charge in [-0.25, -0.2) is 5.43 Å². The first-order valence-electron chi connectivity index (χ1n) is 12.0. The van der Waals surface area contributed by atoms with Crippen molar-refractivity contribution in [1.29, 1.82) is 0 Å². The van der Waals surface area contributed by atoms with E-state index in [4.69, 9.17) is 14.9 Å². The summed E-state index contributed by atoms with van der Waals surface area (Å²) in [5.74, 6) is 0.538. The van der Waals surface area contributed by atoms with Crippen molar-refractivity contribution in [3.05, 3.63) is 70.8 Å². The molecule has 0 radical (unpaired) electrons. The molecule has 2 heterocycles. The molecule has 1 aliphatic carbocycles. The molecule has 9 heteroatoms. The molecule has 1 fully saturated rings. The second kappa shape index (κ2) is 12.8. The predicted octanol–water partition coefficient (Wildman–Crippen LogP) is 5.92. The van der Waals surface area contributed by atoms with Gasteiger partial charge in [0.25, 0.3) is 5.91 Å². The first-order valence-corrected chi connectivity index (χ1v) is 12.0. The molecular formula is C27H34Cl3N3O3. The van der Waals surface area contributed by atoms with E-state index < -0.39 is 6.04 Å². The molecule has 1 saturated carbocycles. The molecule has 36 heavy (non-hydrogen) atoms. The number of hydrogen-bond donors (Lipinski definition) is 2. The van der Waals surface area contributed by atoms with Crippen LogP contribution in [0.25, 0.3) is 11.0 Å². The Hall–Kier alpha value is -2.25. The first-order chi connectivity index (χ1) is 16.1. The molecule has 1 atom stereocenters. The summed E-state index contributed by atoms with van der Waals surface area (Å²) in [4.78, 5) is 12.5. The van der Waals surface area contributed by atoms with Crippen molar-refractivity contribution in [1.82, 2.24) is 5.43 Å². The van der Waals surface area contributed by atoms with E-state index in [0.29, 0.717) is 5.55 Å². The lowest BCUT2D eigenvalue weighted by atomic mass is 9.79. The van der Waals surface area contributed by atoms with Crippen LogP contribution in [0.15, 0.2) is 58.0 Å². The minimum absolute atomic E-state index is 0. The van der Waals surface area contributed by atoms with Gasteiger partial charge in [-0.1, -0.05) is 43.7 Å². The van der Waals surface area contributed by atoms with E-state index in [1.54, 1.807) is 0 Å². The fourth-order valence-corrected chi connectivity index (χ4v) is 5.13. The second-order valence-corrected chi connectivity index (χ2v) is 9.24. The van der Waals surface area contributed by atoms with Crippen molar-refractivity contribution in [2.75, 3.05) is 0 Å². The van der Waals surface area contributed by atoms with Crippen LogP contribution < -0.4 is 21.5 Å². The SMILES string of the molecule is CCc1cc(=NNC(=O)C(N)c2ccccc2)oc2cc3c(cc12)CCC1(CCCCC1)O3.Cl.Cl.Cl. The lowest BCUT2D eigenvalue weighted by Crippen LogP contribution is -2.41. The summed E-state index contributed by atoms with van der Waals surface area (Å²) in [7, 11) is 0. The Balaban J connectivity index is 0.00000152. The second-order valence-electron chi connectivity index (χ2n) is 9.24. The number of aryl methyl sites for hydroxylation is 2. The Morgan fingerprint density at radius 2 is 1.78 bits per heavy atom. The van der Waals surface area contributed by atoms with E-state index in [1.165, 1.54) is 24.8 Å². The van der Waals surface area contributed by atoms with Crippen molar-refractivity contribution in [3.63, 3.8) is 0 Å². The number of hydrogen-bond acceptors (Lipinski definition) is 5. The minimum atomic E-state index is -0.798. The van der Waals surface area contributed by atoms with Gasteiger partial charge in [0.15, 0.2) is 0 Å². The molecule has 1 aromatic heterocycles. The van der Waals surface area contributed by atoms with Gasteiger partial charge in [0.2, 0.25) is 5.55 Å². The number of carbonyl (C=O) groups is 1. The minimum Gasteiger partial charge on any atom is -0.487 e. The highest BCUT2D eigenvalue weighted by Crippen LogP contribution is 2.43. The summed E-state index contributed by atoms with van der Waals surface area (Å²) < 4.78 is 12.7. The standard InChI is InChI=1S/C27H31N3O3.3ClH/c1-2-18-16-24(29-30-26(31)25(28)19-9-5-3-6-10-19)32-23-17-22-20(15-21(18)23)11-14-27(33-22)12-7-4-8-13-27;;;/h3,5-6,9-10,15-17,25H,2,4,7-8,11-14,28H2,1H3,(H,30,31);3*1H. The number of ether oxygens (including phenoxy) is 1. The van der Waals surface area contributed by atoms with E-state index in [-0.39, 0.29) is 48.7 Å². The highest BCUT2D eigenvalue weighted by molar-refractivity contribution is 5.86. The number of nitrogens with one attached hydrogen (secondary N) is 1. The third-order valence-electron chi connectivity index (χ3n) is 7.06. The van der Waals surface area contributed by atoms with Crippen molar-refractivity contribution in [2.45, 2.75) is 69.9 Å². The third-order valence-corrected chi connectivity index (χ3v) is 7.06.